The Morgan fingerprint density at radius 1 is 1.03 bits per heavy atom. The van der Waals surface area contributed by atoms with Crippen LogP contribution in [0.3, 0.4) is 0 Å². The Kier molecular flexibility index (Phi) is 5.59. The van der Waals surface area contributed by atoms with Crippen LogP contribution in [-0.2, 0) is 13.1 Å². The number of aryl methyl sites for hydroxylation is 1. The van der Waals surface area contributed by atoms with E-state index < -0.39 is 0 Å². The molecule has 164 valence electrons. The quantitative estimate of drug-likeness (QED) is 0.403. The van der Waals surface area contributed by atoms with Gasteiger partial charge in [0.1, 0.15) is 11.5 Å². The summed E-state index contributed by atoms with van der Waals surface area (Å²) in [5, 5.41) is 7.68. The lowest BCUT2D eigenvalue weighted by molar-refractivity contribution is 0.0951. The van der Waals surface area contributed by atoms with Crippen LogP contribution < -0.4 is 5.32 Å². The zero-order chi connectivity index (χ0) is 22.6. The van der Waals surface area contributed by atoms with Crippen LogP contribution in [0, 0.1) is 6.92 Å². The van der Waals surface area contributed by atoms with E-state index in [-0.39, 0.29) is 5.91 Å². The van der Waals surface area contributed by atoms with E-state index in [0.29, 0.717) is 23.6 Å². The minimum Gasteiger partial charge on any atom is -0.460 e. The maximum Gasteiger partial charge on any atom is 0.255 e. The smallest absolute Gasteiger partial charge is 0.255 e. The number of amides is 1. The van der Waals surface area contributed by atoms with Gasteiger partial charge >= 0.3 is 0 Å². The van der Waals surface area contributed by atoms with Gasteiger partial charge in [-0.3, -0.25) is 4.79 Å². The van der Waals surface area contributed by atoms with Crippen molar-refractivity contribution in [3.8, 4) is 17.1 Å². The topological polar surface area (TPSA) is 77.9 Å². The van der Waals surface area contributed by atoms with Crippen LogP contribution in [0.25, 0.3) is 17.1 Å². The second-order valence-corrected chi connectivity index (χ2v) is 7.82. The molecule has 0 aliphatic heterocycles. The predicted molar refractivity (Wildman–Crippen MR) is 125 cm³/mol. The molecule has 5 rings (SSSR count). The van der Waals surface area contributed by atoms with Crippen molar-refractivity contribution in [2.24, 2.45) is 0 Å². The molecule has 0 aliphatic carbocycles. The second-order valence-electron chi connectivity index (χ2n) is 7.82. The summed E-state index contributed by atoms with van der Waals surface area (Å²) in [5.41, 5.74) is 4.00. The first-order valence-electron chi connectivity index (χ1n) is 10.7. The molecule has 0 bridgehead atoms. The number of carbonyl (C=O) groups is 1. The van der Waals surface area contributed by atoms with Gasteiger partial charge in [0.05, 0.1) is 17.6 Å². The van der Waals surface area contributed by atoms with Crippen LogP contribution in [0.2, 0.25) is 0 Å². The van der Waals surface area contributed by atoms with Gasteiger partial charge < -0.3 is 14.3 Å². The lowest BCUT2D eigenvalue weighted by atomic mass is 10.1. The molecule has 1 amide bonds. The molecule has 33 heavy (non-hydrogen) atoms. The summed E-state index contributed by atoms with van der Waals surface area (Å²) in [5.74, 6) is 1.12. The molecule has 0 unspecified atom stereocenters. The number of imidazole rings is 1. The van der Waals surface area contributed by atoms with Crippen LogP contribution in [0.5, 0.6) is 0 Å². The van der Waals surface area contributed by atoms with Crippen molar-refractivity contribution in [3.05, 3.63) is 114 Å². The molecule has 2 aromatic carbocycles. The molecule has 0 atom stereocenters. The summed E-state index contributed by atoms with van der Waals surface area (Å²) in [6.45, 7) is 3.01. The molecule has 7 nitrogen and oxygen atoms in total. The van der Waals surface area contributed by atoms with Crippen LogP contribution in [0.1, 0.15) is 27.2 Å². The van der Waals surface area contributed by atoms with Gasteiger partial charge in [0.15, 0.2) is 5.76 Å². The summed E-state index contributed by atoms with van der Waals surface area (Å²) < 4.78 is 9.48. The molecule has 3 heterocycles. The fraction of sp³-hybridized carbons (Fsp3) is 0.115. The van der Waals surface area contributed by atoms with E-state index in [4.69, 9.17) is 4.42 Å². The van der Waals surface area contributed by atoms with Crippen molar-refractivity contribution in [2.45, 2.75) is 20.0 Å². The van der Waals surface area contributed by atoms with Crippen LogP contribution in [0.15, 0.2) is 96.1 Å². The first-order chi connectivity index (χ1) is 16.2. The monoisotopic (exact) mass is 437 g/mol. The number of para-hydroxylation sites is 1. The fourth-order valence-electron chi connectivity index (χ4n) is 3.70. The average molecular weight is 438 g/mol. The van der Waals surface area contributed by atoms with Crippen molar-refractivity contribution >= 4 is 5.91 Å². The molecule has 0 fully saturated rings. The van der Waals surface area contributed by atoms with Crippen molar-refractivity contribution in [3.63, 3.8) is 0 Å². The zero-order valence-electron chi connectivity index (χ0n) is 18.2. The van der Waals surface area contributed by atoms with E-state index >= 15 is 0 Å². The lowest BCUT2D eigenvalue weighted by Gasteiger charge is -2.08. The van der Waals surface area contributed by atoms with Gasteiger partial charge in [0, 0.05) is 31.7 Å². The number of rotatable bonds is 7. The van der Waals surface area contributed by atoms with E-state index in [1.54, 1.807) is 23.4 Å². The Morgan fingerprint density at radius 2 is 1.88 bits per heavy atom. The van der Waals surface area contributed by atoms with Gasteiger partial charge in [-0.15, -0.1) is 0 Å². The number of hydrogen-bond donors (Lipinski definition) is 1. The molecular formula is C26H23N5O2. The molecule has 7 heteroatoms. The van der Waals surface area contributed by atoms with E-state index in [0.717, 1.165) is 29.1 Å². The number of benzene rings is 2. The number of carbonyl (C=O) groups excluding carboxylic acids is 1. The Labute approximate surface area is 191 Å². The van der Waals surface area contributed by atoms with Gasteiger partial charge in [-0.05, 0) is 42.3 Å². The van der Waals surface area contributed by atoms with Gasteiger partial charge in [-0.2, -0.15) is 5.10 Å². The molecule has 0 saturated carbocycles. The molecular weight excluding hydrogens is 414 g/mol. The fourth-order valence-corrected chi connectivity index (χ4v) is 3.70. The third-order valence-corrected chi connectivity index (χ3v) is 5.32. The van der Waals surface area contributed by atoms with Crippen molar-refractivity contribution < 1.29 is 9.21 Å². The molecule has 0 spiro atoms. The lowest BCUT2D eigenvalue weighted by Crippen LogP contribution is -2.23. The van der Waals surface area contributed by atoms with Gasteiger partial charge in [0.2, 0.25) is 0 Å². The highest BCUT2D eigenvalue weighted by molar-refractivity contribution is 5.99. The summed E-state index contributed by atoms with van der Waals surface area (Å²) in [6.07, 6.45) is 7.22. The maximum atomic E-state index is 13.2. The number of nitrogens with one attached hydrogen (secondary N) is 1. The summed E-state index contributed by atoms with van der Waals surface area (Å²) in [6, 6.07) is 21.5. The van der Waals surface area contributed by atoms with Crippen molar-refractivity contribution in [2.75, 3.05) is 0 Å². The number of nitrogens with zero attached hydrogens (tertiary/aromatic N) is 4. The molecule has 0 radical (unpaired) electrons. The first kappa shape index (κ1) is 20.5. The molecule has 1 N–H and O–H groups in total. The Hall–Kier alpha value is -4.39. The highest BCUT2D eigenvalue weighted by atomic mass is 16.3. The van der Waals surface area contributed by atoms with E-state index in [1.165, 1.54) is 0 Å². The standard InChI is InChI=1S/C26H23N5O2/c1-19-10-11-24(33-19)25-23(17-31(29-25)22-8-3-2-4-9-22)26(32)28-15-20-6-5-7-21(14-20)16-30-13-12-27-18-30/h2-14,17-18H,15-16H2,1H3,(H,28,32). The normalized spacial score (nSPS) is 10.9. The second kappa shape index (κ2) is 9.00. The van der Waals surface area contributed by atoms with Crippen LogP contribution in [-0.4, -0.2) is 25.2 Å². The minimum atomic E-state index is -0.207. The van der Waals surface area contributed by atoms with E-state index in [1.807, 2.05) is 72.3 Å². The predicted octanol–water partition coefficient (Wildman–Crippen LogP) is 4.62. The maximum absolute atomic E-state index is 13.2. The number of hydrogen-bond acceptors (Lipinski definition) is 4. The minimum absolute atomic E-state index is 0.207. The van der Waals surface area contributed by atoms with Crippen molar-refractivity contribution in [1.29, 1.82) is 0 Å². The summed E-state index contributed by atoms with van der Waals surface area (Å²) in [4.78, 5) is 17.3. The van der Waals surface area contributed by atoms with Crippen LogP contribution in [0.4, 0.5) is 0 Å². The van der Waals surface area contributed by atoms with E-state index in [2.05, 4.69) is 27.5 Å². The molecule has 0 aliphatic rings. The highest BCUT2D eigenvalue weighted by Gasteiger charge is 2.20. The van der Waals surface area contributed by atoms with E-state index in [9.17, 15) is 4.79 Å². The van der Waals surface area contributed by atoms with Gasteiger partial charge in [-0.25, -0.2) is 9.67 Å². The van der Waals surface area contributed by atoms with Crippen LogP contribution >= 0.6 is 0 Å². The average Bonchev–Trinajstić information content (AvgIpc) is 3.59. The first-order valence-corrected chi connectivity index (χ1v) is 10.7. The Morgan fingerprint density at radius 3 is 2.64 bits per heavy atom. The Bertz CT molecular complexity index is 1370. The summed E-state index contributed by atoms with van der Waals surface area (Å²) in [7, 11) is 0. The number of aromatic nitrogens is 4. The number of furan rings is 1. The molecule has 5 aromatic rings. The van der Waals surface area contributed by atoms with Gasteiger partial charge in [-0.1, -0.05) is 42.5 Å². The third kappa shape index (κ3) is 4.62. The summed E-state index contributed by atoms with van der Waals surface area (Å²) >= 11 is 0. The third-order valence-electron chi connectivity index (χ3n) is 5.32. The largest absolute Gasteiger partial charge is 0.460 e. The highest BCUT2D eigenvalue weighted by Crippen LogP contribution is 2.26. The zero-order valence-corrected chi connectivity index (χ0v) is 18.2. The van der Waals surface area contributed by atoms with Crippen molar-refractivity contribution in [1.82, 2.24) is 24.6 Å². The molecule has 0 saturated heterocycles. The SMILES string of the molecule is Cc1ccc(-c2nn(-c3ccccc3)cc2C(=O)NCc2cccc(Cn3ccnc3)c2)o1. The van der Waals surface area contributed by atoms with Gasteiger partial charge in [0.25, 0.3) is 5.91 Å². The molecule has 3 aromatic heterocycles. The Balaban J connectivity index is 1.37.